The van der Waals surface area contributed by atoms with E-state index in [-0.39, 0.29) is 5.91 Å². The number of carbonyl (C=O) groups excluding carboxylic acids is 1. The number of ether oxygens (including phenoxy) is 1. The molecule has 0 fully saturated rings. The van der Waals surface area contributed by atoms with E-state index in [1.54, 1.807) is 0 Å². The van der Waals surface area contributed by atoms with E-state index >= 15 is 0 Å². The Labute approximate surface area is 119 Å². The molecule has 0 aliphatic heterocycles. The smallest absolute Gasteiger partial charge is 0.274 e. The fraction of sp³-hybridized carbons (Fsp3) is 0.500. The Balaban J connectivity index is 2.92. The lowest BCUT2D eigenvalue weighted by Crippen LogP contribution is -2.42. The van der Waals surface area contributed by atoms with Crippen molar-refractivity contribution in [3.05, 3.63) is 28.3 Å². The molecular weight excluding hydrogens is 264 g/mol. The lowest BCUT2D eigenvalue weighted by molar-refractivity contribution is -0.128. The van der Waals surface area contributed by atoms with Crippen LogP contribution in [-0.2, 0) is 4.79 Å². The molecule has 0 aliphatic rings. The number of nitrogens with two attached hydrogens (primary N) is 1. The van der Waals surface area contributed by atoms with Gasteiger partial charge in [-0.05, 0) is 43.9 Å². The van der Waals surface area contributed by atoms with E-state index in [4.69, 9.17) is 22.2 Å². The molecule has 1 amide bonds. The first-order valence-electron chi connectivity index (χ1n) is 6.43. The van der Waals surface area contributed by atoms with Crippen LogP contribution in [0, 0.1) is 13.8 Å². The van der Waals surface area contributed by atoms with Crippen molar-refractivity contribution in [1.82, 2.24) is 5.43 Å². The number of nitrogens with one attached hydrogen (secondary N) is 1. The zero-order chi connectivity index (χ0) is 14.4. The number of aryl methyl sites for hydroxylation is 2. The highest BCUT2D eigenvalue weighted by Crippen LogP contribution is 2.31. The van der Waals surface area contributed by atoms with Crippen LogP contribution < -0.4 is 16.0 Å². The van der Waals surface area contributed by atoms with Crippen molar-refractivity contribution < 1.29 is 9.53 Å². The highest BCUT2D eigenvalue weighted by molar-refractivity contribution is 6.32. The van der Waals surface area contributed by atoms with E-state index in [1.165, 1.54) is 0 Å². The van der Waals surface area contributed by atoms with Crippen molar-refractivity contribution in [2.45, 2.75) is 46.1 Å². The molecule has 0 aliphatic carbocycles. The van der Waals surface area contributed by atoms with Gasteiger partial charge in [-0.25, -0.2) is 5.84 Å². The van der Waals surface area contributed by atoms with Gasteiger partial charge in [0, 0.05) is 0 Å². The second-order valence-corrected chi connectivity index (χ2v) is 5.06. The molecule has 106 valence electrons. The van der Waals surface area contributed by atoms with Gasteiger partial charge >= 0.3 is 0 Å². The highest BCUT2D eigenvalue weighted by atomic mass is 35.5. The second-order valence-electron chi connectivity index (χ2n) is 4.65. The van der Waals surface area contributed by atoms with Gasteiger partial charge in [0.25, 0.3) is 5.91 Å². The fourth-order valence-corrected chi connectivity index (χ4v) is 2.29. The van der Waals surface area contributed by atoms with Crippen LogP contribution in [-0.4, -0.2) is 12.0 Å². The molecule has 0 saturated carbocycles. The predicted molar refractivity (Wildman–Crippen MR) is 77.2 cm³/mol. The molecule has 4 nitrogen and oxygen atoms in total. The minimum absolute atomic E-state index is 0.329. The molecule has 0 aromatic heterocycles. The third kappa shape index (κ3) is 4.40. The minimum Gasteiger partial charge on any atom is -0.479 e. The van der Waals surface area contributed by atoms with Crippen LogP contribution in [0.4, 0.5) is 0 Å². The Kier molecular flexibility index (Phi) is 6.12. The molecule has 1 atom stereocenters. The van der Waals surface area contributed by atoms with Crippen LogP contribution in [0.15, 0.2) is 12.1 Å². The summed E-state index contributed by atoms with van der Waals surface area (Å²) in [5.74, 6) is 5.41. The van der Waals surface area contributed by atoms with Gasteiger partial charge in [-0.3, -0.25) is 10.2 Å². The van der Waals surface area contributed by atoms with Crippen LogP contribution in [0.3, 0.4) is 0 Å². The zero-order valence-electron chi connectivity index (χ0n) is 11.6. The summed E-state index contributed by atoms with van der Waals surface area (Å²) in [6, 6.07) is 3.79. The van der Waals surface area contributed by atoms with Crippen LogP contribution >= 0.6 is 11.6 Å². The molecule has 0 radical (unpaired) electrons. The topological polar surface area (TPSA) is 64.3 Å². The lowest BCUT2D eigenvalue weighted by Gasteiger charge is -2.20. The van der Waals surface area contributed by atoms with E-state index in [1.807, 2.05) is 26.0 Å². The molecule has 1 unspecified atom stereocenters. The van der Waals surface area contributed by atoms with Crippen LogP contribution in [0.2, 0.25) is 5.02 Å². The number of hydrogen-bond acceptors (Lipinski definition) is 3. The molecule has 0 spiro atoms. The summed E-state index contributed by atoms with van der Waals surface area (Å²) in [4.78, 5) is 11.7. The summed E-state index contributed by atoms with van der Waals surface area (Å²) < 4.78 is 5.76. The summed E-state index contributed by atoms with van der Waals surface area (Å²) >= 11 is 6.17. The third-order valence-corrected chi connectivity index (χ3v) is 3.17. The molecule has 1 rings (SSSR count). The van der Waals surface area contributed by atoms with Crippen molar-refractivity contribution in [1.29, 1.82) is 0 Å². The number of halogens is 1. The third-order valence-electron chi connectivity index (χ3n) is 2.89. The average molecular weight is 285 g/mol. The maximum atomic E-state index is 11.7. The lowest BCUT2D eigenvalue weighted by atomic mass is 10.1. The van der Waals surface area contributed by atoms with Crippen molar-refractivity contribution in [2.24, 2.45) is 5.84 Å². The van der Waals surface area contributed by atoms with Crippen molar-refractivity contribution in [2.75, 3.05) is 0 Å². The average Bonchev–Trinajstić information content (AvgIpc) is 2.36. The summed E-state index contributed by atoms with van der Waals surface area (Å²) in [5, 5.41) is 0.517. The van der Waals surface area contributed by atoms with Gasteiger partial charge in [-0.2, -0.15) is 0 Å². The van der Waals surface area contributed by atoms with E-state index in [2.05, 4.69) is 12.3 Å². The molecule has 0 bridgehead atoms. The Morgan fingerprint density at radius 2 is 2.16 bits per heavy atom. The normalized spacial score (nSPS) is 12.1. The summed E-state index contributed by atoms with van der Waals surface area (Å²) in [7, 11) is 0. The van der Waals surface area contributed by atoms with E-state index in [0.717, 1.165) is 24.0 Å². The molecule has 0 heterocycles. The number of hydrogen-bond donors (Lipinski definition) is 2. The van der Waals surface area contributed by atoms with Crippen LogP contribution in [0.5, 0.6) is 5.75 Å². The first kappa shape index (κ1) is 15.8. The first-order valence-corrected chi connectivity index (χ1v) is 6.81. The van der Waals surface area contributed by atoms with Crippen molar-refractivity contribution in [3.8, 4) is 5.75 Å². The van der Waals surface area contributed by atoms with Crippen molar-refractivity contribution >= 4 is 17.5 Å². The SMILES string of the molecule is CCCCC(Oc1c(C)cc(C)cc1Cl)C(=O)NN. The highest BCUT2D eigenvalue weighted by Gasteiger charge is 2.21. The van der Waals surface area contributed by atoms with Gasteiger partial charge in [0.15, 0.2) is 6.10 Å². The fourth-order valence-electron chi connectivity index (χ4n) is 1.92. The molecule has 1 aromatic rings. The molecule has 0 saturated heterocycles. The van der Waals surface area contributed by atoms with E-state index < -0.39 is 6.10 Å². The summed E-state index contributed by atoms with van der Waals surface area (Å²) in [5.41, 5.74) is 4.11. The largest absolute Gasteiger partial charge is 0.479 e. The molecule has 19 heavy (non-hydrogen) atoms. The van der Waals surface area contributed by atoms with Gasteiger partial charge in [-0.1, -0.05) is 31.0 Å². The number of rotatable bonds is 6. The number of carbonyl (C=O) groups is 1. The van der Waals surface area contributed by atoms with Crippen LogP contribution in [0.25, 0.3) is 0 Å². The summed E-state index contributed by atoms with van der Waals surface area (Å²) in [6.07, 6.45) is 1.88. The van der Waals surface area contributed by atoms with Gasteiger partial charge in [0.1, 0.15) is 5.75 Å². The Morgan fingerprint density at radius 3 is 2.68 bits per heavy atom. The minimum atomic E-state index is -0.608. The molecule has 1 aromatic carbocycles. The monoisotopic (exact) mass is 284 g/mol. The standard InChI is InChI=1S/C14H21ClN2O2/c1-4-5-6-12(14(18)17-16)19-13-10(3)7-9(2)8-11(13)15/h7-8,12H,4-6,16H2,1-3H3,(H,17,18). The zero-order valence-corrected chi connectivity index (χ0v) is 12.4. The van der Waals surface area contributed by atoms with E-state index in [0.29, 0.717) is 17.2 Å². The van der Waals surface area contributed by atoms with Gasteiger partial charge in [0.2, 0.25) is 0 Å². The van der Waals surface area contributed by atoms with E-state index in [9.17, 15) is 4.79 Å². The molecule has 3 N–H and O–H groups in total. The quantitative estimate of drug-likeness (QED) is 0.480. The Morgan fingerprint density at radius 1 is 1.47 bits per heavy atom. The number of amides is 1. The molecular formula is C14H21ClN2O2. The predicted octanol–water partition coefficient (Wildman–Crippen LogP) is 2.88. The van der Waals surface area contributed by atoms with Crippen molar-refractivity contribution in [3.63, 3.8) is 0 Å². The first-order chi connectivity index (χ1) is 8.99. The summed E-state index contributed by atoms with van der Waals surface area (Å²) in [6.45, 7) is 5.93. The number of benzene rings is 1. The Hall–Kier alpha value is -1.26. The van der Waals surface area contributed by atoms with Crippen LogP contribution in [0.1, 0.15) is 37.3 Å². The molecule has 5 heteroatoms. The number of hydrazine groups is 1. The number of unbranched alkanes of at least 4 members (excludes halogenated alkanes) is 1. The maximum absolute atomic E-state index is 11.7. The Bertz CT molecular complexity index is 426. The maximum Gasteiger partial charge on any atom is 0.274 e. The van der Waals surface area contributed by atoms with Gasteiger partial charge in [0.05, 0.1) is 5.02 Å². The van der Waals surface area contributed by atoms with Gasteiger partial charge in [-0.15, -0.1) is 0 Å². The van der Waals surface area contributed by atoms with Gasteiger partial charge < -0.3 is 4.74 Å². The second kappa shape index (κ2) is 7.36.